The highest BCUT2D eigenvalue weighted by Crippen LogP contribution is 2.07. The number of hydrogen-bond acceptors (Lipinski definition) is 3. The van der Waals surface area contributed by atoms with Crippen LogP contribution in [0.4, 0.5) is 0 Å². The summed E-state index contributed by atoms with van der Waals surface area (Å²) in [5, 5.41) is 9.35. The molecule has 1 aliphatic heterocycles. The van der Waals surface area contributed by atoms with Gasteiger partial charge in [0.15, 0.2) is 0 Å². The molecule has 1 rings (SSSR count). The highest BCUT2D eigenvalue weighted by molar-refractivity contribution is 5.82. The van der Waals surface area contributed by atoms with E-state index in [9.17, 15) is 9.90 Å². The van der Waals surface area contributed by atoms with Crippen LogP contribution in [0.3, 0.4) is 0 Å². The van der Waals surface area contributed by atoms with E-state index < -0.39 is 6.10 Å². The molecule has 2 atom stereocenters. The topological polar surface area (TPSA) is 46.5 Å². The summed E-state index contributed by atoms with van der Waals surface area (Å²) >= 11 is 0. The van der Waals surface area contributed by atoms with Crippen LogP contribution in [0, 0.1) is 0 Å². The summed E-state index contributed by atoms with van der Waals surface area (Å²) in [6, 6.07) is 0. The van der Waals surface area contributed by atoms with Gasteiger partial charge in [-0.25, -0.2) is 4.79 Å². The molecule has 0 unspecified atom stereocenters. The number of hydrogen-bond donors (Lipinski definition) is 1. The molecular weight excluding hydrogens is 168 g/mol. The summed E-state index contributed by atoms with van der Waals surface area (Å²) in [7, 11) is 0. The molecule has 0 aromatic rings. The third-order valence-corrected chi connectivity index (χ3v) is 1.86. The zero-order valence-corrected chi connectivity index (χ0v) is 7.64. The van der Waals surface area contributed by atoms with Gasteiger partial charge in [0.1, 0.15) is 0 Å². The standard InChI is InChI=1S/C10H14O3/c1-8-6-7-9(11)4-2-3-5-10(12)13-8/h2-5,8-9,11H,6-7H2,1H3/b4-2+,5-3-/t8-,9+/m1/s1. The van der Waals surface area contributed by atoms with Crippen LogP contribution < -0.4 is 0 Å². The van der Waals surface area contributed by atoms with Crippen molar-refractivity contribution in [2.45, 2.75) is 32.0 Å². The molecule has 1 heterocycles. The Balaban J connectivity index is 2.62. The van der Waals surface area contributed by atoms with Crippen molar-refractivity contribution in [1.82, 2.24) is 0 Å². The van der Waals surface area contributed by atoms with Crippen LogP contribution in [0.15, 0.2) is 24.3 Å². The predicted octanol–water partition coefficient (Wildman–Crippen LogP) is 1.19. The van der Waals surface area contributed by atoms with Gasteiger partial charge >= 0.3 is 5.97 Å². The van der Waals surface area contributed by atoms with Gasteiger partial charge in [0.25, 0.3) is 0 Å². The second-order valence-electron chi connectivity index (χ2n) is 3.14. The summed E-state index contributed by atoms with van der Waals surface area (Å²) in [6.45, 7) is 1.82. The number of allylic oxidation sites excluding steroid dienone is 2. The molecule has 3 heteroatoms. The van der Waals surface area contributed by atoms with E-state index in [1.165, 1.54) is 6.08 Å². The summed E-state index contributed by atoms with van der Waals surface area (Å²) in [6.07, 6.45) is 6.99. The lowest BCUT2D eigenvalue weighted by Gasteiger charge is -2.13. The minimum absolute atomic E-state index is 0.127. The number of aliphatic hydroxyl groups excluding tert-OH is 1. The molecule has 0 bridgehead atoms. The average molecular weight is 182 g/mol. The average Bonchev–Trinajstić information content (AvgIpc) is 2.08. The summed E-state index contributed by atoms with van der Waals surface area (Å²) in [5.41, 5.74) is 0. The molecule has 0 amide bonds. The van der Waals surface area contributed by atoms with Crippen LogP contribution in [0.1, 0.15) is 19.8 Å². The molecular formula is C10H14O3. The van der Waals surface area contributed by atoms with Crippen LogP contribution in [-0.2, 0) is 9.53 Å². The first-order valence-electron chi connectivity index (χ1n) is 4.42. The summed E-state index contributed by atoms with van der Waals surface area (Å²) in [4.78, 5) is 11.0. The molecule has 0 aromatic carbocycles. The van der Waals surface area contributed by atoms with E-state index in [0.29, 0.717) is 12.8 Å². The van der Waals surface area contributed by atoms with E-state index in [0.717, 1.165) is 0 Å². The third-order valence-electron chi connectivity index (χ3n) is 1.86. The van der Waals surface area contributed by atoms with Crippen molar-refractivity contribution in [3.8, 4) is 0 Å². The second kappa shape index (κ2) is 4.82. The van der Waals surface area contributed by atoms with E-state index in [-0.39, 0.29) is 12.1 Å². The van der Waals surface area contributed by atoms with Crippen LogP contribution in [0.2, 0.25) is 0 Å². The molecule has 13 heavy (non-hydrogen) atoms. The Morgan fingerprint density at radius 1 is 1.46 bits per heavy atom. The Kier molecular flexibility index (Phi) is 3.71. The van der Waals surface area contributed by atoms with Crippen LogP contribution >= 0.6 is 0 Å². The zero-order chi connectivity index (χ0) is 9.68. The number of rotatable bonds is 0. The van der Waals surface area contributed by atoms with E-state index in [2.05, 4.69) is 0 Å². The van der Waals surface area contributed by atoms with Gasteiger partial charge in [0, 0.05) is 6.08 Å². The lowest BCUT2D eigenvalue weighted by Crippen LogP contribution is -2.16. The molecule has 0 aromatic heterocycles. The summed E-state index contributed by atoms with van der Waals surface area (Å²) in [5.74, 6) is -0.325. The number of esters is 1. The second-order valence-corrected chi connectivity index (χ2v) is 3.14. The van der Waals surface area contributed by atoms with Gasteiger partial charge in [0.2, 0.25) is 0 Å². The predicted molar refractivity (Wildman–Crippen MR) is 49.1 cm³/mol. The molecule has 0 saturated carbocycles. The molecule has 1 N–H and O–H groups in total. The van der Waals surface area contributed by atoms with Crippen molar-refractivity contribution < 1.29 is 14.6 Å². The van der Waals surface area contributed by atoms with E-state index in [4.69, 9.17) is 4.74 Å². The van der Waals surface area contributed by atoms with Crippen molar-refractivity contribution in [2.24, 2.45) is 0 Å². The van der Waals surface area contributed by atoms with Crippen LogP contribution in [-0.4, -0.2) is 23.3 Å². The molecule has 0 radical (unpaired) electrons. The quantitative estimate of drug-likeness (QED) is 0.572. The number of ether oxygens (including phenoxy) is 1. The monoisotopic (exact) mass is 182 g/mol. The van der Waals surface area contributed by atoms with Gasteiger partial charge in [-0.3, -0.25) is 0 Å². The van der Waals surface area contributed by atoms with E-state index in [1.807, 2.05) is 6.92 Å². The Morgan fingerprint density at radius 2 is 2.23 bits per heavy atom. The Hall–Kier alpha value is -1.09. The maximum Gasteiger partial charge on any atom is 0.331 e. The van der Waals surface area contributed by atoms with E-state index in [1.54, 1.807) is 18.2 Å². The first-order valence-corrected chi connectivity index (χ1v) is 4.42. The Bertz CT molecular complexity index is 230. The minimum Gasteiger partial charge on any atom is -0.460 e. The fourth-order valence-corrected chi connectivity index (χ4v) is 1.12. The molecule has 0 aliphatic carbocycles. The van der Waals surface area contributed by atoms with Crippen molar-refractivity contribution in [3.05, 3.63) is 24.3 Å². The van der Waals surface area contributed by atoms with Gasteiger partial charge in [0.05, 0.1) is 12.2 Å². The smallest absolute Gasteiger partial charge is 0.331 e. The Morgan fingerprint density at radius 3 is 3.00 bits per heavy atom. The molecule has 0 fully saturated rings. The first kappa shape index (κ1) is 9.99. The molecule has 72 valence electrons. The van der Waals surface area contributed by atoms with Gasteiger partial charge in [-0.05, 0) is 19.8 Å². The number of carbonyl (C=O) groups is 1. The van der Waals surface area contributed by atoms with Gasteiger partial charge in [-0.1, -0.05) is 18.2 Å². The summed E-state index contributed by atoms with van der Waals surface area (Å²) < 4.78 is 5.00. The normalized spacial score (nSPS) is 34.8. The lowest BCUT2D eigenvalue weighted by molar-refractivity contribution is -0.142. The fraction of sp³-hybridized carbons (Fsp3) is 0.500. The van der Waals surface area contributed by atoms with Crippen molar-refractivity contribution in [1.29, 1.82) is 0 Å². The van der Waals surface area contributed by atoms with Crippen molar-refractivity contribution >= 4 is 5.97 Å². The zero-order valence-electron chi connectivity index (χ0n) is 7.64. The molecule has 0 spiro atoms. The highest BCUT2D eigenvalue weighted by atomic mass is 16.5. The first-order chi connectivity index (χ1) is 6.18. The minimum atomic E-state index is -0.441. The van der Waals surface area contributed by atoms with Crippen LogP contribution in [0.25, 0.3) is 0 Å². The number of aliphatic hydroxyl groups is 1. The largest absolute Gasteiger partial charge is 0.460 e. The van der Waals surface area contributed by atoms with Crippen molar-refractivity contribution in [3.63, 3.8) is 0 Å². The van der Waals surface area contributed by atoms with Gasteiger partial charge in [-0.15, -0.1) is 0 Å². The third kappa shape index (κ3) is 3.90. The lowest BCUT2D eigenvalue weighted by atomic mass is 10.1. The Labute approximate surface area is 77.7 Å². The van der Waals surface area contributed by atoms with Crippen molar-refractivity contribution in [2.75, 3.05) is 0 Å². The molecule has 1 aliphatic rings. The maximum atomic E-state index is 11.0. The van der Waals surface area contributed by atoms with E-state index >= 15 is 0 Å². The SMILES string of the molecule is C[C@@H]1CC[C@@H](O)/C=C/C=C\C(=O)O1. The number of carbonyl (C=O) groups excluding carboxylic acids is 1. The molecule has 0 saturated heterocycles. The molecule has 3 nitrogen and oxygen atoms in total. The van der Waals surface area contributed by atoms with Gasteiger partial charge < -0.3 is 9.84 Å². The fourth-order valence-electron chi connectivity index (χ4n) is 1.12. The highest BCUT2D eigenvalue weighted by Gasteiger charge is 2.09. The number of cyclic esters (lactones) is 1. The van der Waals surface area contributed by atoms with Gasteiger partial charge in [-0.2, -0.15) is 0 Å². The maximum absolute atomic E-state index is 11.0. The van der Waals surface area contributed by atoms with Crippen LogP contribution in [0.5, 0.6) is 0 Å².